The van der Waals surface area contributed by atoms with Crippen LogP contribution in [0.1, 0.15) is 12.5 Å². The van der Waals surface area contributed by atoms with Crippen LogP contribution in [0.4, 0.5) is 0 Å². The summed E-state index contributed by atoms with van der Waals surface area (Å²) in [6.45, 7) is 1.70. The number of carbonyl (C=O) groups excluding carboxylic acids is 1. The fourth-order valence-electron chi connectivity index (χ4n) is 1.68. The normalized spacial score (nSPS) is 11.5. The fourth-order valence-corrected chi connectivity index (χ4v) is 1.81. The number of hydrogen-bond donors (Lipinski definition) is 1. The predicted molar refractivity (Wildman–Crippen MR) is 93.7 cm³/mol. The molecule has 2 rings (SSSR count). The summed E-state index contributed by atoms with van der Waals surface area (Å²) in [4.78, 5) is 11.7. The molecule has 0 aliphatic heterocycles. The van der Waals surface area contributed by atoms with Gasteiger partial charge < -0.3 is 4.74 Å². The minimum atomic E-state index is -0.326. The van der Waals surface area contributed by atoms with Crippen molar-refractivity contribution in [3.63, 3.8) is 0 Å². The molecule has 23 heavy (non-hydrogen) atoms. The molecule has 0 saturated heterocycles. The van der Waals surface area contributed by atoms with Gasteiger partial charge in [0, 0.05) is 5.02 Å². The van der Waals surface area contributed by atoms with Gasteiger partial charge in [-0.1, -0.05) is 48.0 Å². The maximum atomic E-state index is 11.7. The van der Waals surface area contributed by atoms with Crippen LogP contribution in [-0.4, -0.2) is 18.2 Å². The van der Waals surface area contributed by atoms with Gasteiger partial charge in [0.2, 0.25) is 0 Å². The topological polar surface area (TPSA) is 50.7 Å². The summed E-state index contributed by atoms with van der Waals surface area (Å²) in [6.07, 6.45) is 3.75. The van der Waals surface area contributed by atoms with Gasteiger partial charge in [0.1, 0.15) is 5.75 Å². The standard InChI is InChI=1S/C18H17ClN2O2/c1-14(7-8-15-5-3-2-4-6-15)20-21-18(22)13-23-17-11-9-16(19)10-12-17/h2-12H,13H2,1H3,(H,21,22)/b8-7-,20-14+. The largest absolute Gasteiger partial charge is 0.484 e. The maximum absolute atomic E-state index is 11.7. The van der Waals surface area contributed by atoms with Crippen molar-refractivity contribution < 1.29 is 9.53 Å². The first kappa shape index (κ1) is 16.8. The number of hydrogen-bond acceptors (Lipinski definition) is 3. The van der Waals surface area contributed by atoms with Gasteiger partial charge in [-0.25, -0.2) is 5.43 Å². The highest BCUT2D eigenvalue weighted by Crippen LogP contribution is 2.15. The van der Waals surface area contributed by atoms with E-state index in [0.29, 0.717) is 16.5 Å². The van der Waals surface area contributed by atoms with Crippen molar-refractivity contribution in [2.45, 2.75) is 6.92 Å². The average molecular weight is 329 g/mol. The minimum Gasteiger partial charge on any atom is -0.484 e. The number of nitrogens with zero attached hydrogens (tertiary/aromatic N) is 1. The number of benzene rings is 2. The Labute approximate surface area is 140 Å². The summed E-state index contributed by atoms with van der Waals surface area (Å²) in [7, 11) is 0. The lowest BCUT2D eigenvalue weighted by atomic mass is 10.2. The van der Waals surface area contributed by atoms with E-state index in [0.717, 1.165) is 5.56 Å². The van der Waals surface area contributed by atoms with Crippen molar-refractivity contribution in [1.29, 1.82) is 0 Å². The van der Waals surface area contributed by atoms with Crippen molar-refractivity contribution in [1.82, 2.24) is 5.43 Å². The van der Waals surface area contributed by atoms with Crippen LogP contribution in [0.15, 0.2) is 65.8 Å². The van der Waals surface area contributed by atoms with Crippen LogP contribution in [0.5, 0.6) is 5.75 Å². The fraction of sp³-hybridized carbons (Fsp3) is 0.111. The van der Waals surface area contributed by atoms with E-state index >= 15 is 0 Å². The van der Waals surface area contributed by atoms with E-state index in [4.69, 9.17) is 16.3 Å². The van der Waals surface area contributed by atoms with E-state index in [1.807, 2.05) is 42.5 Å². The molecule has 0 heterocycles. The third kappa shape index (κ3) is 6.36. The third-order valence-electron chi connectivity index (χ3n) is 2.86. The van der Waals surface area contributed by atoms with Gasteiger partial charge >= 0.3 is 0 Å². The molecule has 0 aliphatic carbocycles. The Bertz CT molecular complexity index is 695. The molecule has 5 heteroatoms. The molecule has 0 aromatic heterocycles. The van der Waals surface area contributed by atoms with Crippen molar-refractivity contribution >= 4 is 29.3 Å². The zero-order chi connectivity index (χ0) is 16.5. The highest BCUT2D eigenvalue weighted by Gasteiger charge is 2.01. The molecule has 0 unspecified atom stereocenters. The molecular formula is C18H17ClN2O2. The summed E-state index contributed by atoms with van der Waals surface area (Å²) < 4.78 is 5.33. The number of ether oxygens (including phenoxy) is 1. The van der Waals surface area contributed by atoms with Crippen molar-refractivity contribution in [3.8, 4) is 5.75 Å². The molecule has 118 valence electrons. The minimum absolute atomic E-state index is 0.110. The lowest BCUT2D eigenvalue weighted by Gasteiger charge is -2.05. The number of hydrazone groups is 1. The zero-order valence-corrected chi connectivity index (χ0v) is 13.5. The number of halogens is 1. The lowest BCUT2D eigenvalue weighted by molar-refractivity contribution is -0.123. The van der Waals surface area contributed by atoms with Crippen molar-refractivity contribution in [3.05, 3.63) is 71.3 Å². The van der Waals surface area contributed by atoms with Gasteiger partial charge in [0.05, 0.1) is 5.71 Å². The predicted octanol–water partition coefficient (Wildman–Crippen LogP) is 3.92. The average Bonchev–Trinajstić information content (AvgIpc) is 2.58. The smallest absolute Gasteiger partial charge is 0.277 e. The number of amides is 1. The molecule has 2 aromatic rings. The van der Waals surface area contributed by atoms with Gasteiger partial charge in [0.15, 0.2) is 6.61 Å². The van der Waals surface area contributed by atoms with Crippen LogP contribution < -0.4 is 10.2 Å². The number of nitrogens with one attached hydrogen (secondary N) is 1. The van der Waals surface area contributed by atoms with Crippen LogP contribution in [0.3, 0.4) is 0 Å². The number of carbonyl (C=O) groups is 1. The zero-order valence-electron chi connectivity index (χ0n) is 12.7. The molecule has 0 radical (unpaired) electrons. The Hall–Kier alpha value is -2.59. The second-order valence-corrected chi connectivity index (χ2v) is 5.21. The Morgan fingerprint density at radius 3 is 2.57 bits per heavy atom. The molecular weight excluding hydrogens is 312 g/mol. The Morgan fingerprint density at radius 1 is 1.17 bits per heavy atom. The molecule has 1 N–H and O–H groups in total. The number of rotatable bonds is 6. The summed E-state index contributed by atoms with van der Waals surface area (Å²) >= 11 is 5.77. The van der Waals surface area contributed by atoms with Crippen LogP contribution in [0.2, 0.25) is 5.02 Å². The number of allylic oxidation sites excluding steroid dienone is 1. The Morgan fingerprint density at radius 2 is 1.87 bits per heavy atom. The molecule has 0 saturated carbocycles. The third-order valence-corrected chi connectivity index (χ3v) is 3.11. The van der Waals surface area contributed by atoms with E-state index in [2.05, 4.69) is 10.5 Å². The molecule has 4 nitrogen and oxygen atoms in total. The summed E-state index contributed by atoms with van der Waals surface area (Å²) in [5, 5.41) is 4.61. The highest BCUT2D eigenvalue weighted by atomic mass is 35.5. The molecule has 1 amide bonds. The van der Waals surface area contributed by atoms with E-state index in [-0.39, 0.29) is 12.5 Å². The summed E-state index contributed by atoms with van der Waals surface area (Å²) in [5.74, 6) is 0.252. The van der Waals surface area contributed by atoms with Crippen LogP contribution >= 0.6 is 11.6 Å². The second-order valence-electron chi connectivity index (χ2n) is 4.77. The van der Waals surface area contributed by atoms with E-state index < -0.39 is 0 Å². The summed E-state index contributed by atoms with van der Waals surface area (Å²) in [5.41, 5.74) is 4.20. The van der Waals surface area contributed by atoms with Gasteiger partial charge in [-0.05, 0) is 42.8 Å². The van der Waals surface area contributed by atoms with Gasteiger partial charge in [-0.15, -0.1) is 0 Å². The van der Waals surface area contributed by atoms with Crippen LogP contribution in [-0.2, 0) is 4.79 Å². The first-order valence-corrected chi connectivity index (χ1v) is 7.46. The first-order valence-electron chi connectivity index (χ1n) is 7.08. The van der Waals surface area contributed by atoms with Crippen molar-refractivity contribution in [2.24, 2.45) is 5.10 Å². The molecule has 2 aromatic carbocycles. The Balaban J connectivity index is 1.78. The summed E-state index contributed by atoms with van der Waals surface area (Å²) in [6, 6.07) is 16.7. The first-order chi connectivity index (χ1) is 11.1. The van der Waals surface area contributed by atoms with Crippen molar-refractivity contribution in [2.75, 3.05) is 6.61 Å². The van der Waals surface area contributed by atoms with Gasteiger partial charge in [-0.3, -0.25) is 4.79 Å². The maximum Gasteiger partial charge on any atom is 0.277 e. The highest BCUT2D eigenvalue weighted by molar-refractivity contribution is 6.30. The molecule has 0 spiro atoms. The Kier molecular flexibility index (Phi) is 6.39. The monoisotopic (exact) mass is 328 g/mol. The quantitative estimate of drug-likeness (QED) is 0.645. The molecule has 0 atom stereocenters. The van der Waals surface area contributed by atoms with Crippen LogP contribution in [0.25, 0.3) is 6.08 Å². The SMILES string of the molecule is CC(/C=C\c1ccccc1)=N\NC(=O)COc1ccc(Cl)cc1. The van der Waals surface area contributed by atoms with E-state index in [1.165, 1.54) is 0 Å². The molecule has 0 fully saturated rings. The molecule has 0 aliphatic rings. The second kappa shape index (κ2) is 8.76. The van der Waals surface area contributed by atoms with E-state index in [1.54, 1.807) is 31.2 Å². The molecule has 0 bridgehead atoms. The van der Waals surface area contributed by atoms with Gasteiger partial charge in [-0.2, -0.15) is 5.10 Å². The lowest BCUT2D eigenvalue weighted by Crippen LogP contribution is -2.25. The van der Waals surface area contributed by atoms with Gasteiger partial charge in [0.25, 0.3) is 5.91 Å². The van der Waals surface area contributed by atoms with Crippen LogP contribution in [0, 0.1) is 0 Å². The van der Waals surface area contributed by atoms with E-state index in [9.17, 15) is 4.79 Å².